The van der Waals surface area contributed by atoms with Crippen molar-refractivity contribution in [2.45, 2.75) is 26.7 Å². The molecule has 7 nitrogen and oxygen atoms in total. The Balaban J connectivity index is 2.36. The zero-order valence-electron chi connectivity index (χ0n) is 11.4. The summed E-state index contributed by atoms with van der Waals surface area (Å²) in [5.74, 6) is -1.14. The van der Waals surface area contributed by atoms with Gasteiger partial charge in [0.25, 0.3) is 0 Å². The third-order valence-electron chi connectivity index (χ3n) is 3.25. The zero-order chi connectivity index (χ0) is 14.5. The van der Waals surface area contributed by atoms with E-state index in [-0.39, 0.29) is 19.0 Å². The van der Waals surface area contributed by atoms with Crippen LogP contribution in [-0.2, 0) is 9.59 Å². The van der Waals surface area contributed by atoms with Gasteiger partial charge in [-0.25, -0.2) is 4.79 Å². The number of urea groups is 1. The topological polar surface area (TPSA) is 98.7 Å². The molecule has 0 aliphatic carbocycles. The van der Waals surface area contributed by atoms with Gasteiger partial charge in [0.2, 0.25) is 5.91 Å². The lowest BCUT2D eigenvalue weighted by atomic mass is 9.90. The first-order valence-electron chi connectivity index (χ1n) is 6.42. The number of carbonyl (C=O) groups excluding carboxylic acids is 2. The summed E-state index contributed by atoms with van der Waals surface area (Å²) in [6.45, 7) is 4.62. The number of carbonyl (C=O) groups is 3. The van der Waals surface area contributed by atoms with E-state index in [4.69, 9.17) is 5.11 Å². The standard InChI is InChI=1S/C12H21N3O4/c1-3-5-13-9(16)7-14-11(19)15-6-4-12(2,8-15)10(17)18/h3-8H2,1-2H3,(H,13,16)(H,14,19)(H,17,18). The zero-order valence-corrected chi connectivity index (χ0v) is 11.4. The van der Waals surface area contributed by atoms with Crippen molar-refractivity contribution in [3.05, 3.63) is 0 Å². The molecular formula is C12H21N3O4. The molecule has 1 fully saturated rings. The number of rotatable bonds is 5. The van der Waals surface area contributed by atoms with Crippen LogP contribution < -0.4 is 10.6 Å². The minimum absolute atomic E-state index is 0.0842. The van der Waals surface area contributed by atoms with E-state index in [1.165, 1.54) is 4.90 Å². The number of amides is 3. The van der Waals surface area contributed by atoms with Gasteiger partial charge >= 0.3 is 12.0 Å². The first-order valence-corrected chi connectivity index (χ1v) is 6.42. The summed E-state index contributed by atoms with van der Waals surface area (Å²) in [7, 11) is 0. The highest BCUT2D eigenvalue weighted by molar-refractivity contribution is 5.84. The molecule has 0 aromatic rings. The van der Waals surface area contributed by atoms with Gasteiger partial charge in [0.1, 0.15) is 0 Å². The molecule has 0 aromatic carbocycles. The average Bonchev–Trinajstić information content (AvgIpc) is 2.77. The van der Waals surface area contributed by atoms with Gasteiger partial charge < -0.3 is 20.6 Å². The predicted octanol–water partition coefficient (Wildman–Crippen LogP) is 0.0188. The molecule has 0 aromatic heterocycles. The van der Waals surface area contributed by atoms with Crippen molar-refractivity contribution in [3.8, 4) is 0 Å². The molecule has 108 valence electrons. The Bertz CT molecular complexity index is 372. The summed E-state index contributed by atoms with van der Waals surface area (Å²) in [6.07, 6.45) is 1.26. The van der Waals surface area contributed by atoms with Crippen molar-refractivity contribution < 1.29 is 19.5 Å². The fourth-order valence-electron chi connectivity index (χ4n) is 1.90. The third kappa shape index (κ3) is 4.11. The van der Waals surface area contributed by atoms with Crippen LogP contribution in [0.25, 0.3) is 0 Å². The maximum Gasteiger partial charge on any atom is 0.317 e. The number of likely N-dealkylation sites (tertiary alicyclic amines) is 1. The molecule has 1 atom stereocenters. The highest BCUT2D eigenvalue weighted by Crippen LogP contribution is 2.29. The Labute approximate surface area is 112 Å². The van der Waals surface area contributed by atoms with Gasteiger partial charge in [-0.05, 0) is 19.8 Å². The van der Waals surface area contributed by atoms with Crippen LogP contribution in [0.3, 0.4) is 0 Å². The first kappa shape index (κ1) is 15.3. The summed E-state index contributed by atoms with van der Waals surface area (Å²) in [5, 5.41) is 14.2. The molecule has 0 saturated carbocycles. The molecule has 7 heteroatoms. The van der Waals surface area contributed by atoms with Crippen LogP contribution in [0.5, 0.6) is 0 Å². The van der Waals surface area contributed by atoms with Gasteiger partial charge in [-0.1, -0.05) is 6.92 Å². The minimum atomic E-state index is -0.900. The molecule has 1 unspecified atom stereocenters. The highest BCUT2D eigenvalue weighted by Gasteiger charge is 2.42. The molecule has 1 aliphatic rings. The third-order valence-corrected chi connectivity index (χ3v) is 3.25. The molecule has 1 aliphatic heterocycles. The van der Waals surface area contributed by atoms with E-state index in [1.54, 1.807) is 6.92 Å². The van der Waals surface area contributed by atoms with Crippen molar-refractivity contribution in [2.75, 3.05) is 26.2 Å². The van der Waals surface area contributed by atoms with Crippen LogP contribution >= 0.6 is 0 Å². The molecular weight excluding hydrogens is 250 g/mol. The largest absolute Gasteiger partial charge is 0.481 e. The van der Waals surface area contributed by atoms with Crippen molar-refractivity contribution in [2.24, 2.45) is 5.41 Å². The fourth-order valence-corrected chi connectivity index (χ4v) is 1.90. The Morgan fingerprint density at radius 3 is 2.53 bits per heavy atom. The first-order chi connectivity index (χ1) is 8.89. The predicted molar refractivity (Wildman–Crippen MR) is 68.6 cm³/mol. The maximum absolute atomic E-state index is 11.8. The molecule has 19 heavy (non-hydrogen) atoms. The van der Waals surface area contributed by atoms with Gasteiger partial charge in [-0.3, -0.25) is 9.59 Å². The van der Waals surface area contributed by atoms with Gasteiger partial charge in [0.15, 0.2) is 0 Å². The number of aliphatic carboxylic acids is 1. The molecule has 1 heterocycles. The van der Waals surface area contributed by atoms with Gasteiger partial charge in [-0.2, -0.15) is 0 Å². The normalized spacial score (nSPS) is 22.1. The summed E-state index contributed by atoms with van der Waals surface area (Å²) >= 11 is 0. The maximum atomic E-state index is 11.8. The summed E-state index contributed by atoms with van der Waals surface area (Å²) in [6, 6.07) is -0.392. The molecule has 3 N–H and O–H groups in total. The lowest BCUT2D eigenvalue weighted by Crippen LogP contribution is -2.44. The summed E-state index contributed by atoms with van der Waals surface area (Å²) < 4.78 is 0. The van der Waals surface area contributed by atoms with E-state index in [0.29, 0.717) is 19.5 Å². The number of nitrogens with one attached hydrogen (secondary N) is 2. The van der Waals surface area contributed by atoms with Crippen LogP contribution in [0.4, 0.5) is 4.79 Å². The number of hydrogen-bond acceptors (Lipinski definition) is 3. The van der Waals surface area contributed by atoms with Gasteiger partial charge in [0, 0.05) is 19.6 Å². The van der Waals surface area contributed by atoms with E-state index in [9.17, 15) is 14.4 Å². The fraction of sp³-hybridized carbons (Fsp3) is 0.750. The van der Waals surface area contributed by atoms with Crippen LogP contribution in [0.15, 0.2) is 0 Å². The Morgan fingerprint density at radius 2 is 2.00 bits per heavy atom. The van der Waals surface area contributed by atoms with E-state index >= 15 is 0 Å². The molecule has 1 rings (SSSR count). The Kier molecular flexibility index (Phi) is 5.14. The van der Waals surface area contributed by atoms with E-state index < -0.39 is 17.4 Å². The average molecular weight is 271 g/mol. The molecule has 1 saturated heterocycles. The second kappa shape index (κ2) is 6.40. The summed E-state index contributed by atoms with van der Waals surface area (Å²) in [5.41, 5.74) is -0.887. The second-order valence-corrected chi connectivity index (χ2v) is 5.05. The molecule has 3 amide bonds. The Hall–Kier alpha value is -1.79. The van der Waals surface area contributed by atoms with Gasteiger partial charge in [0.05, 0.1) is 12.0 Å². The summed E-state index contributed by atoms with van der Waals surface area (Å²) in [4.78, 5) is 35.6. The van der Waals surface area contributed by atoms with Crippen LogP contribution in [0, 0.1) is 5.41 Å². The van der Waals surface area contributed by atoms with E-state index in [2.05, 4.69) is 10.6 Å². The van der Waals surface area contributed by atoms with Gasteiger partial charge in [-0.15, -0.1) is 0 Å². The molecule has 0 radical (unpaired) electrons. The molecule has 0 bridgehead atoms. The van der Waals surface area contributed by atoms with Crippen molar-refractivity contribution in [1.82, 2.24) is 15.5 Å². The minimum Gasteiger partial charge on any atom is -0.481 e. The lowest BCUT2D eigenvalue weighted by molar-refractivity contribution is -0.147. The lowest BCUT2D eigenvalue weighted by Gasteiger charge is -2.20. The second-order valence-electron chi connectivity index (χ2n) is 5.05. The van der Waals surface area contributed by atoms with Crippen molar-refractivity contribution in [3.63, 3.8) is 0 Å². The SMILES string of the molecule is CCCNC(=O)CNC(=O)N1CCC(C)(C(=O)O)C1. The van der Waals surface area contributed by atoms with Crippen LogP contribution in [-0.4, -0.2) is 54.1 Å². The number of hydrogen-bond donors (Lipinski definition) is 3. The quantitative estimate of drug-likeness (QED) is 0.656. The van der Waals surface area contributed by atoms with E-state index in [0.717, 1.165) is 6.42 Å². The van der Waals surface area contributed by atoms with E-state index in [1.807, 2.05) is 6.92 Å². The number of carboxylic acid groups (broad SMARTS) is 1. The van der Waals surface area contributed by atoms with Crippen molar-refractivity contribution >= 4 is 17.9 Å². The smallest absolute Gasteiger partial charge is 0.317 e. The van der Waals surface area contributed by atoms with Crippen LogP contribution in [0.1, 0.15) is 26.7 Å². The highest BCUT2D eigenvalue weighted by atomic mass is 16.4. The Morgan fingerprint density at radius 1 is 1.32 bits per heavy atom. The van der Waals surface area contributed by atoms with Crippen molar-refractivity contribution in [1.29, 1.82) is 0 Å². The number of carboxylic acids is 1. The molecule has 0 spiro atoms. The monoisotopic (exact) mass is 271 g/mol. The van der Waals surface area contributed by atoms with Crippen LogP contribution in [0.2, 0.25) is 0 Å². The number of nitrogens with zero attached hydrogens (tertiary/aromatic N) is 1.